The third kappa shape index (κ3) is 4.75. The Balaban J connectivity index is 1.35. The smallest absolute Gasteiger partial charge is 0.175 e. The van der Waals surface area contributed by atoms with Gasteiger partial charge in [0, 0.05) is 16.3 Å². The van der Waals surface area contributed by atoms with E-state index in [1.807, 2.05) is 0 Å². The van der Waals surface area contributed by atoms with Crippen LogP contribution < -0.4 is 0 Å². The zero-order valence-electron chi connectivity index (χ0n) is 14.7. The molecule has 0 spiro atoms. The topological polar surface area (TPSA) is 42.9 Å². The number of nitrogens with zero attached hydrogens (tertiary/aromatic N) is 2. The fraction of sp³-hybridized carbons (Fsp3) is 0.0952. The number of hydrogen-bond donors (Lipinski definition) is 0. The lowest BCUT2D eigenvalue weighted by Gasteiger charge is -2.04. The molecule has 3 nitrogen and oxygen atoms in total. The van der Waals surface area contributed by atoms with Crippen molar-refractivity contribution in [1.29, 1.82) is 0 Å². The van der Waals surface area contributed by atoms with E-state index in [2.05, 4.69) is 52.7 Å². The first-order chi connectivity index (χ1) is 13.7. The summed E-state index contributed by atoms with van der Waals surface area (Å²) in [4.78, 5) is 12.3. The molecule has 0 saturated heterocycles. The third-order valence-electron chi connectivity index (χ3n) is 4.11. The molecule has 28 heavy (non-hydrogen) atoms. The molecular formula is C21H15ClN2OS3. The fourth-order valence-electron chi connectivity index (χ4n) is 2.72. The standard InChI is InChI=1S/C21H15ClN2OS3/c22-17-10-8-15(9-11-17)19(25)13-27-21-24-23-20(28-21)26-12-16-6-3-5-14-4-1-2-7-18(14)16/h1-11H,12-13H2. The molecule has 0 atom stereocenters. The van der Waals surface area contributed by atoms with Gasteiger partial charge < -0.3 is 0 Å². The van der Waals surface area contributed by atoms with Gasteiger partial charge in [-0.3, -0.25) is 4.79 Å². The summed E-state index contributed by atoms with van der Waals surface area (Å²) in [6.45, 7) is 0. The van der Waals surface area contributed by atoms with Gasteiger partial charge in [-0.15, -0.1) is 10.2 Å². The summed E-state index contributed by atoms with van der Waals surface area (Å²) in [5.41, 5.74) is 1.94. The lowest BCUT2D eigenvalue weighted by molar-refractivity contribution is 0.102. The molecule has 1 heterocycles. The van der Waals surface area contributed by atoms with E-state index in [1.165, 1.54) is 39.4 Å². The highest BCUT2D eigenvalue weighted by atomic mass is 35.5. The lowest BCUT2D eigenvalue weighted by atomic mass is 10.1. The van der Waals surface area contributed by atoms with Crippen LogP contribution in [0.1, 0.15) is 15.9 Å². The minimum Gasteiger partial charge on any atom is -0.293 e. The lowest BCUT2D eigenvalue weighted by Crippen LogP contribution is -2.01. The van der Waals surface area contributed by atoms with Crippen molar-refractivity contribution in [3.05, 3.63) is 82.9 Å². The summed E-state index contributed by atoms with van der Waals surface area (Å²) in [6.07, 6.45) is 0. The number of rotatable bonds is 7. The van der Waals surface area contributed by atoms with Gasteiger partial charge in [-0.2, -0.15) is 0 Å². The predicted octanol–water partition coefficient (Wildman–Crippen LogP) is 6.61. The fourth-order valence-corrected chi connectivity index (χ4v) is 5.76. The highest BCUT2D eigenvalue weighted by Gasteiger charge is 2.11. The van der Waals surface area contributed by atoms with Crippen LogP contribution in [0.4, 0.5) is 0 Å². The van der Waals surface area contributed by atoms with E-state index in [0.29, 0.717) is 16.3 Å². The third-order valence-corrected chi connectivity index (χ3v) is 7.60. The Morgan fingerprint density at radius 1 is 0.893 bits per heavy atom. The van der Waals surface area contributed by atoms with Crippen LogP contribution in [0.15, 0.2) is 75.4 Å². The van der Waals surface area contributed by atoms with Gasteiger partial charge in [0.1, 0.15) is 0 Å². The number of halogens is 1. The van der Waals surface area contributed by atoms with Crippen molar-refractivity contribution >= 4 is 63.0 Å². The average molecular weight is 443 g/mol. The van der Waals surface area contributed by atoms with Crippen LogP contribution in [-0.4, -0.2) is 21.7 Å². The summed E-state index contributed by atoms with van der Waals surface area (Å²) in [7, 11) is 0. The zero-order valence-corrected chi connectivity index (χ0v) is 17.9. The summed E-state index contributed by atoms with van der Waals surface area (Å²) >= 11 is 10.5. The first kappa shape index (κ1) is 19.5. The number of benzene rings is 3. The molecule has 0 aliphatic heterocycles. The number of aromatic nitrogens is 2. The van der Waals surface area contributed by atoms with Gasteiger partial charge in [-0.05, 0) is 40.6 Å². The normalized spacial score (nSPS) is 11.0. The Labute approximate surface area is 180 Å². The second kappa shape index (κ2) is 9.09. The molecule has 0 aliphatic carbocycles. The van der Waals surface area contributed by atoms with E-state index in [0.717, 1.165) is 14.4 Å². The van der Waals surface area contributed by atoms with Gasteiger partial charge in [-0.25, -0.2) is 0 Å². The number of hydrogen-bond acceptors (Lipinski definition) is 6. The summed E-state index contributed by atoms with van der Waals surface area (Å²) in [5, 5.41) is 11.6. The van der Waals surface area contributed by atoms with Gasteiger partial charge in [0.15, 0.2) is 14.5 Å². The predicted molar refractivity (Wildman–Crippen MR) is 120 cm³/mol. The van der Waals surface area contributed by atoms with Crippen LogP contribution in [-0.2, 0) is 5.75 Å². The molecule has 0 saturated carbocycles. The second-order valence-electron chi connectivity index (χ2n) is 5.98. The Hall–Kier alpha value is -1.86. The van der Waals surface area contributed by atoms with Crippen LogP contribution in [0.2, 0.25) is 5.02 Å². The zero-order chi connectivity index (χ0) is 19.3. The summed E-state index contributed by atoms with van der Waals surface area (Å²) in [5.74, 6) is 1.23. The van der Waals surface area contributed by atoms with Crippen molar-refractivity contribution in [3.63, 3.8) is 0 Å². The maximum absolute atomic E-state index is 12.3. The molecule has 0 radical (unpaired) electrons. The molecule has 0 bridgehead atoms. The van der Waals surface area contributed by atoms with Crippen molar-refractivity contribution in [2.45, 2.75) is 14.4 Å². The minimum atomic E-state index is 0.0572. The Morgan fingerprint density at radius 2 is 1.61 bits per heavy atom. The van der Waals surface area contributed by atoms with Crippen molar-refractivity contribution in [3.8, 4) is 0 Å². The number of carbonyl (C=O) groups excluding carboxylic acids is 1. The van der Waals surface area contributed by atoms with E-state index in [9.17, 15) is 4.79 Å². The van der Waals surface area contributed by atoms with Crippen LogP contribution in [0.3, 0.4) is 0 Å². The maximum atomic E-state index is 12.3. The summed E-state index contributed by atoms with van der Waals surface area (Å²) in [6, 6.07) is 21.7. The van der Waals surface area contributed by atoms with Crippen molar-refractivity contribution in [1.82, 2.24) is 10.2 Å². The van der Waals surface area contributed by atoms with Gasteiger partial charge in [0.2, 0.25) is 0 Å². The van der Waals surface area contributed by atoms with Gasteiger partial charge >= 0.3 is 0 Å². The number of fused-ring (bicyclic) bond motifs is 1. The van der Waals surface area contributed by atoms with E-state index in [4.69, 9.17) is 11.6 Å². The SMILES string of the molecule is O=C(CSc1nnc(SCc2cccc3ccccc23)s1)c1ccc(Cl)cc1. The quantitative estimate of drug-likeness (QED) is 0.238. The maximum Gasteiger partial charge on any atom is 0.175 e. The highest BCUT2D eigenvalue weighted by Crippen LogP contribution is 2.32. The van der Waals surface area contributed by atoms with Crippen molar-refractivity contribution in [2.75, 3.05) is 5.75 Å². The molecule has 3 aromatic carbocycles. The van der Waals surface area contributed by atoms with Gasteiger partial charge in [-0.1, -0.05) is 88.9 Å². The molecule has 0 aliphatic rings. The Kier molecular flexibility index (Phi) is 6.32. The van der Waals surface area contributed by atoms with Crippen LogP contribution >= 0.6 is 46.5 Å². The Morgan fingerprint density at radius 3 is 2.43 bits per heavy atom. The number of carbonyl (C=O) groups is 1. The number of ketones is 1. The van der Waals surface area contributed by atoms with Crippen molar-refractivity contribution < 1.29 is 4.79 Å². The van der Waals surface area contributed by atoms with Crippen molar-refractivity contribution in [2.24, 2.45) is 0 Å². The molecule has 4 aromatic rings. The number of thioether (sulfide) groups is 2. The van der Waals surface area contributed by atoms with Crippen LogP contribution in [0.25, 0.3) is 10.8 Å². The molecule has 0 N–H and O–H groups in total. The van der Waals surface area contributed by atoms with E-state index in [-0.39, 0.29) is 5.78 Å². The Bertz CT molecular complexity index is 1110. The molecule has 4 rings (SSSR count). The van der Waals surface area contributed by atoms with E-state index < -0.39 is 0 Å². The molecule has 140 valence electrons. The van der Waals surface area contributed by atoms with E-state index in [1.54, 1.807) is 36.0 Å². The monoisotopic (exact) mass is 442 g/mol. The number of Topliss-reactive ketones (excluding diaryl/α,β-unsaturated/α-hetero) is 1. The molecule has 1 aromatic heterocycles. The molecule has 0 amide bonds. The minimum absolute atomic E-state index is 0.0572. The van der Waals surface area contributed by atoms with Crippen LogP contribution in [0, 0.1) is 0 Å². The molecule has 0 unspecified atom stereocenters. The van der Waals surface area contributed by atoms with Crippen LogP contribution in [0.5, 0.6) is 0 Å². The largest absolute Gasteiger partial charge is 0.293 e. The van der Waals surface area contributed by atoms with Gasteiger partial charge in [0.25, 0.3) is 0 Å². The van der Waals surface area contributed by atoms with E-state index >= 15 is 0 Å². The van der Waals surface area contributed by atoms with Gasteiger partial charge in [0.05, 0.1) is 5.75 Å². The first-order valence-corrected chi connectivity index (χ1v) is 11.7. The average Bonchev–Trinajstić information content (AvgIpc) is 3.19. The molecular weight excluding hydrogens is 428 g/mol. The highest BCUT2D eigenvalue weighted by molar-refractivity contribution is 8.03. The molecule has 7 heteroatoms. The second-order valence-corrected chi connectivity index (χ2v) is 9.84. The molecule has 0 fully saturated rings. The first-order valence-electron chi connectivity index (χ1n) is 8.53. The summed E-state index contributed by atoms with van der Waals surface area (Å²) < 4.78 is 1.72.